The first-order valence-corrected chi connectivity index (χ1v) is 5.76. The highest BCUT2D eigenvalue weighted by atomic mass is 15.1. The molecule has 0 aromatic carbocycles. The molecule has 2 aliphatic rings. The molecular formula is C13H17N2+. The third-order valence-electron chi connectivity index (χ3n) is 3.40. The minimum absolute atomic E-state index is 0.858. The van der Waals surface area contributed by atoms with E-state index < -0.39 is 0 Å². The van der Waals surface area contributed by atoms with Gasteiger partial charge in [-0.15, -0.1) is 0 Å². The quantitative estimate of drug-likeness (QED) is 0.647. The van der Waals surface area contributed by atoms with Crippen molar-refractivity contribution in [1.82, 2.24) is 4.57 Å². The molecule has 0 bridgehead atoms. The Labute approximate surface area is 90.5 Å². The average Bonchev–Trinajstić information content (AvgIpc) is 3.02. The first kappa shape index (κ1) is 8.96. The Morgan fingerprint density at radius 2 is 2.27 bits per heavy atom. The zero-order chi connectivity index (χ0) is 10.3. The normalized spacial score (nSPS) is 21.1. The molecule has 0 unspecified atom stereocenters. The Hall–Kier alpha value is -1.31. The minimum Gasteiger partial charge on any atom is -0.351 e. The summed E-state index contributed by atoms with van der Waals surface area (Å²) in [5.41, 5.74) is 2.83. The second kappa shape index (κ2) is 3.37. The van der Waals surface area contributed by atoms with Crippen LogP contribution in [0.4, 0.5) is 0 Å². The van der Waals surface area contributed by atoms with Gasteiger partial charge in [0.05, 0.1) is 0 Å². The van der Waals surface area contributed by atoms with Crippen LogP contribution < -0.4 is 0 Å². The van der Waals surface area contributed by atoms with Crippen molar-refractivity contribution < 1.29 is 4.58 Å². The van der Waals surface area contributed by atoms with E-state index >= 15 is 0 Å². The van der Waals surface area contributed by atoms with Crippen LogP contribution in [0.3, 0.4) is 0 Å². The summed E-state index contributed by atoms with van der Waals surface area (Å²) in [6.45, 7) is 1.20. The fourth-order valence-electron chi connectivity index (χ4n) is 2.31. The third-order valence-corrected chi connectivity index (χ3v) is 3.40. The standard InChI is InChI=1S/C13H17N2/c1-14-8-2-3-13(14)11-6-9-15(10-7-11)12-4-5-12/h2-3,6,8-9,12H,4-5,7,10H2,1H3/q+1. The number of hydrogen-bond acceptors (Lipinski definition) is 0. The molecule has 2 heterocycles. The predicted molar refractivity (Wildman–Crippen MR) is 62.2 cm³/mol. The molecule has 2 nitrogen and oxygen atoms in total. The zero-order valence-corrected chi connectivity index (χ0v) is 9.19. The van der Waals surface area contributed by atoms with Crippen molar-refractivity contribution in [2.75, 3.05) is 6.54 Å². The molecule has 0 N–H and O–H groups in total. The van der Waals surface area contributed by atoms with E-state index in [2.05, 4.69) is 46.8 Å². The van der Waals surface area contributed by atoms with E-state index in [0.29, 0.717) is 0 Å². The fraction of sp³-hybridized carbons (Fsp3) is 0.462. The number of nitrogens with zero attached hydrogens (tertiary/aromatic N) is 2. The Balaban J connectivity index is 1.87. The van der Waals surface area contributed by atoms with Crippen LogP contribution in [0.2, 0.25) is 0 Å². The summed E-state index contributed by atoms with van der Waals surface area (Å²) >= 11 is 0. The highest BCUT2D eigenvalue weighted by molar-refractivity contribution is 5.82. The molecule has 1 aliphatic heterocycles. The molecule has 2 heteroatoms. The largest absolute Gasteiger partial charge is 0.351 e. The maximum atomic E-state index is 2.49. The van der Waals surface area contributed by atoms with Crippen molar-refractivity contribution in [2.24, 2.45) is 7.05 Å². The molecule has 0 spiro atoms. The van der Waals surface area contributed by atoms with Gasteiger partial charge in [-0.1, -0.05) is 0 Å². The summed E-state index contributed by atoms with van der Waals surface area (Å²) in [4.78, 5) is 0. The molecule has 0 saturated heterocycles. The lowest BCUT2D eigenvalue weighted by molar-refractivity contribution is -0.536. The van der Waals surface area contributed by atoms with Gasteiger partial charge in [0, 0.05) is 44.3 Å². The lowest BCUT2D eigenvalue weighted by Crippen LogP contribution is -2.20. The summed E-state index contributed by atoms with van der Waals surface area (Å²) in [5, 5.41) is 0. The summed E-state index contributed by atoms with van der Waals surface area (Å²) < 4.78 is 4.69. The van der Waals surface area contributed by atoms with Crippen LogP contribution in [0, 0.1) is 0 Å². The van der Waals surface area contributed by atoms with Gasteiger partial charge in [0.25, 0.3) is 0 Å². The highest BCUT2D eigenvalue weighted by Crippen LogP contribution is 2.27. The van der Waals surface area contributed by atoms with Gasteiger partial charge in [-0.2, -0.15) is 0 Å². The highest BCUT2D eigenvalue weighted by Gasteiger charge is 2.33. The maximum Gasteiger partial charge on any atom is 0.163 e. The van der Waals surface area contributed by atoms with E-state index in [9.17, 15) is 0 Å². The van der Waals surface area contributed by atoms with E-state index in [1.165, 1.54) is 37.1 Å². The van der Waals surface area contributed by atoms with E-state index in [0.717, 1.165) is 6.04 Å². The Morgan fingerprint density at radius 3 is 2.80 bits per heavy atom. The zero-order valence-electron chi connectivity index (χ0n) is 9.19. The molecule has 0 atom stereocenters. The van der Waals surface area contributed by atoms with Crippen molar-refractivity contribution in [1.29, 1.82) is 0 Å². The number of allylic oxidation sites excluding steroid dienone is 1. The van der Waals surface area contributed by atoms with Gasteiger partial charge in [0.1, 0.15) is 6.54 Å². The molecule has 78 valence electrons. The second-order valence-corrected chi connectivity index (χ2v) is 4.56. The predicted octanol–water partition coefficient (Wildman–Crippen LogP) is 2.06. The van der Waals surface area contributed by atoms with E-state index in [4.69, 9.17) is 0 Å². The Morgan fingerprint density at radius 1 is 1.40 bits per heavy atom. The van der Waals surface area contributed by atoms with E-state index in [1.54, 1.807) is 0 Å². The second-order valence-electron chi connectivity index (χ2n) is 4.56. The van der Waals surface area contributed by atoms with Gasteiger partial charge in [0.2, 0.25) is 0 Å². The van der Waals surface area contributed by atoms with Gasteiger partial charge in [-0.3, -0.25) is 0 Å². The van der Waals surface area contributed by atoms with Gasteiger partial charge < -0.3 is 4.57 Å². The van der Waals surface area contributed by atoms with Crippen LogP contribution in [0.15, 0.2) is 24.4 Å². The number of aryl methyl sites for hydroxylation is 1. The lowest BCUT2D eigenvalue weighted by Gasteiger charge is -2.11. The van der Waals surface area contributed by atoms with Crippen LogP contribution in [0.25, 0.3) is 5.57 Å². The molecule has 1 aromatic heterocycles. The van der Waals surface area contributed by atoms with E-state index in [1.807, 2.05) is 0 Å². The van der Waals surface area contributed by atoms with Crippen LogP contribution in [-0.4, -0.2) is 27.9 Å². The molecule has 3 rings (SSSR count). The van der Waals surface area contributed by atoms with Crippen LogP contribution in [0.5, 0.6) is 0 Å². The van der Waals surface area contributed by atoms with Crippen molar-refractivity contribution >= 4 is 11.8 Å². The van der Waals surface area contributed by atoms with Crippen LogP contribution >= 0.6 is 0 Å². The first-order chi connectivity index (χ1) is 7.34. The van der Waals surface area contributed by atoms with Gasteiger partial charge >= 0.3 is 0 Å². The average molecular weight is 201 g/mol. The van der Waals surface area contributed by atoms with Crippen molar-refractivity contribution in [3.8, 4) is 0 Å². The number of rotatable bonds is 2. The van der Waals surface area contributed by atoms with Crippen molar-refractivity contribution in [2.45, 2.75) is 25.3 Å². The monoisotopic (exact) mass is 201 g/mol. The van der Waals surface area contributed by atoms with Crippen molar-refractivity contribution in [3.63, 3.8) is 0 Å². The minimum atomic E-state index is 0.858. The number of hydrogen-bond donors (Lipinski definition) is 0. The topological polar surface area (TPSA) is 7.94 Å². The maximum absolute atomic E-state index is 2.49. The van der Waals surface area contributed by atoms with Crippen LogP contribution in [0.1, 0.15) is 25.0 Å². The Bertz CT molecular complexity index is 433. The summed E-state index contributed by atoms with van der Waals surface area (Å²) in [5.74, 6) is 0. The molecule has 15 heavy (non-hydrogen) atoms. The molecule has 1 aromatic rings. The SMILES string of the molecule is Cn1cccc1C1=CC=[N+](C2CC2)CC1. The molecule has 1 aliphatic carbocycles. The third kappa shape index (κ3) is 1.65. The molecule has 1 fully saturated rings. The van der Waals surface area contributed by atoms with Gasteiger partial charge in [0.15, 0.2) is 12.3 Å². The molecule has 1 saturated carbocycles. The summed E-state index contributed by atoms with van der Waals surface area (Å²) in [7, 11) is 2.11. The van der Waals surface area contributed by atoms with E-state index in [-0.39, 0.29) is 0 Å². The first-order valence-electron chi connectivity index (χ1n) is 5.76. The van der Waals surface area contributed by atoms with Crippen LogP contribution in [-0.2, 0) is 7.05 Å². The molecular weight excluding hydrogens is 184 g/mol. The lowest BCUT2D eigenvalue weighted by atomic mass is 10.1. The van der Waals surface area contributed by atoms with Gasteiger partial charge in [-0.05, 0) is 17.7 Å². The summed E-state index contributed by atoms with van der Waals surface area (Å²) in [6.07, 6.45) is 10.7. The number of aromatic nitrogens is 1. The summed E-state index contributed by atoms with van der Waals surface area (Å²) in [6, 6.07) is 5.17. The Kier molecular flexibility index (Phi) is 2.01. The molecule has 0 amide bonds. The molecule has 0 radical (unpaired) electrons. The fourth-order valence-corrected chi connectivity index (χ4v) is 2.31. The van der Waals surface area contributed by atoms with Crippen molar-refractivity contribution in [3.05, 3.63) is 30.1 Å². The van der Waals surface area contributed by atoms with Gasteiger partial charge in [-0.25, -0.2) is 4.58 Å². The smallest absolute Gasteiger partial charge is 0.163 e.